The molecule has 0 aliphatic carbocycles. The third-order valence-corrected chi connectivity index (χ3v) is 2.73. The SMILES string of the molecule is C=CCc1nc(CC)sc1C.CC.CC.CC.CC. The van der Waals surface area contributed by atoms with E-state index in [1.807, 2.05) is 61.5 Å². The molecule has 1 rings (SSSR count). The molecule has 0 N–H and O–H groups in total. The quantitative estimate of drug-likeness (QED) is 0.554. The monoisotopic (exact) mass is 287 g/mol. The van der Waals surface area contributed by atoms with Crippen LogP contribution in [-0.2, 0) is 12.8 Å². The van der Waals surface area contributed by atoms with Gasteiger partial charge in [0.15, 0.2) is 0 Å². The molecule has 0 amide bonds. The van der Waals surface area contributed by atoms with Gasteiger partial charge in [-0.15, -0.1) is 17.9 Å². The van der Waals surface area contributed by atoms with Crippen molar-refractivity contribution in [1.82, 2.24) is 4.98 Å². The van der Waals surface area contributed by atoms with E-state index in [1.165, 1.54) is 15.6 Å². The van der Waals surface area contributed by atoms with Crippen LogP contribution >= 0.6 is 11.3 Å². The summed E-state index contributed by atoms with van der Waals surface area (Å²) < 4.78 is 0. The molecule has 0 aliphatic rings. The van der Waals surface area contributed by atoms with Crippen LogP contribution in [0.25, 0.3) is 0 Å². The molecule has 0 unspecified atom stereocenters. The first kappa shape index (κ1) is 26.8. The van der Waals surface area contributed by atoms with E-state index in [2.05, 4.69) is 25.4 Å². The van der Waals surface area contributed by atoms with Gasteiger partial charge in [-0.1, -0.05) is 68.4 Å². The largest absolute Gasteiger partial charge is 0.246 e. The summed E-state index contributed by atoms with van der Waals surface area (Å²) in [4.78, 5) is 5.80. The van der Waals surface area contributed by atoms with Crippen molar-refractivity contribution >= 4 is 11.3 Å². The Morgan fingerprint density at radius 2 is 1.42 bits per heavy atom. The van der Waals surface area contributed by atoms with Crippen LogP contribution in [0.3, 0.4) is 0 Å². The minimum absolute atomic E-state index is 0.905. The molecule has 0 saturated heterocycles. The maximum absolute atomic E-state index is 4.47. The summed E-state index contributed by atoms with van der Waals surface area (Å²) in [6.07, 6.45) is 3.85. The Labute approximate surface area is 127 Å². The molecule has 1 aromatic heterocycles. The maximum Gasteiger partial charge on any atom is 0.0928 e. The van der Waals surface area contributed by atoms with Gasteiger partial charge in [0.05, 0.1) is 10.7 Å². The molecule has 0 aliphatic heterocycles. The van der Waals surface area contributed by atoms with Gasteiger partial charge in [0.2, 0.25) is 0 Å². The Bertz CT molecular complexity index is 252. The molecule has 0 fully saturated rings. The normalized spacial score (nSPS) is 7.05. The highest BCUT2D eigenvalue weighted by molar-refractivity contribution is 7.11. The minimum Gasteiger partial charge on any atom is -0.246 e. The average Bonchev–Trinajstić information content (AvgIpc) is 2.88. The van der Waals surface area contributed by atoms with E-state index < -0.39 is 0 Å². The number of nitrogens with zero attached hydrogens (tertiary/aromatic N) is 1. The molecule has 19 heavy (non-hydrogen) atoms. The van der Waals surface area contributed by atoms with Crippen LogP contribution in [-0.4, -0.2) is 4.98 Å². The molecule has 0 bridgehead atoms. The predicted octanol–water partition coefficient (Wildman–Crippen LogP) is 6.85. The fourth-order valence-corrected chi connectivity index (χ4v) is 1.87. The fraction of sp³-hybridized carbons (Fsp3) is 0.706. The first-order valence-electron chi connectivity index (χ1n) is 7.84. The molecular weight excluding hydrogens is 250 g/mol. The van der Waals surface area contributed by atoms with Gasteiger partial charge in [0.1, 0.15) is 0 Å². The maximum atomic E-state index is 4.47. The van der Waals surface area contributed by atoms with Crippen molar-refractivity contribution in [2.24, 2.45) is 0 Å². The van der Waals surface area contributed by atoms with Crippen LogP contribution in [0.1, 0.15) is 77.9 Å². The zero-order valence-electron chi connectivity index (χ0n) is 15.1. The minimum atomic E-state index is 0.905. The van der Waals surface area contributed by atoms with Gasteiger partial charge in [-0.25, -0.2) is 4.98 Å². The van der Waals surface area contributed by atoms with E-state index in [1.54, 1.807) is 11.3 Å². The third kappa shape index (κ3) is 15.3. The van der Waals surface area contributed by atoms with Crippen molar-refractivity contribution in [3.63, 3.8) is 0 Å². The van der Waals surface area contributed by atoms with Gasteiger partial charge in [-0.2, -0.15) is 0 Å². The van der Waals surface area contributed by atoms with E-state index in [4.69, 9.17) is 0 Å². The van der Waals surface area contributed by atoms with E-state index in [-0.39, 0.29) is 0 Å². The Balaban J connectivity index is -0.000000121. The molecule has 0 atom stereocenters. The second-order valence-corrected chi connectivity index (χ2v) is 3.74. The number of rotatable bonds is 3. The topological polar surface area (TPSA) is 12.9 Å². The Hall–Kier alpha value is -0.630. The zero-order chi connectivity index (χ0) is 16.3. The average molecular weight is 288 g/mol. The Kier molecular flexibility index (Phi) is 36.8. The lowest BCUT2D eigenvalue weighted by Gasteiger charge is -1.88. The lowest BCUT2D eigenvalue weighted by atomic mass is 10.3. The van der Waals surface area contributed by atoms with Crippen molar-refractivity contribution in [1.29, 1.82) is 0 Å². The van der Waals surface area contributed by atoms with Gasteiger partial charge >= 0.3 is 0 Å². The summed E-state index contributed by atoms with van der Waals surface area (Å²) in [5.74, 6) is 0. The van der Waals surface area contributed by atoms with Crippen molar-refractivity contribution in [3.8, 4) is 0 Å². The van der Waals surface area contributed by atoms with Crippen molar-refractivity contribution in [2.75, 3.05) is 0 Å². The standard InChI is InChI=1S/C9H13NS.4C2H6/c1-4-6-8-7(3)11-9(5-2)10-8;4*1-2/h4H,1,5-6H2,2-3H3;4*1-2H3. The van der Waals surface area contributed by atoms with Crippen LogP contribution in [0.4, 0.5) is 0 Å². The van der Waals surface area contributed by atoms with Crippen LogP contribution in [0.2, 0.25) is 0 Å². The van der Waals surface area contributed by atoms with E-state index in [0.717, 1.165) is 12.8 Å². The molecule has 2 heteroatoms. The highest BCUT2D eigenvalue weighted by Gasteiger charge is 2.03. The molecule has 116 valence electrons. The van der Waals surface area contributed by atoms with Crippen molar-refractivity contribution < 1.29 is 0 Å². The summed E-state index contributed by atoms with van der Waals surface area (Å²) in [7, 11) is 0. The van der Waals surface area contributed by atoms with Gasteiger partial charge in [-0.3, -0.25) is 0 Å². The molecule has 0 saturated carbocycles. The fourth-order valence-electron chi connectivity index (χ4n) is 0.965. The Morgan fingerprint density at radius 1 is 1.00 bits per heavy atom. The van der Waals surface area contributed by atoms with Crippen molar-refractivity contribution in [2.45, 2.75) is 82.1 Å². The summed E-state index contributed by atoms with van der Waals surface area (Å²) >= 11 is 1.80. The second kappa shape index (κ2) is 26.0. The highest BCUT2D eigenvalue weighted by atomic mass is 32.1. The number of hydrogen-bond donors (Lipinski definition) is 0. The second-order valence-electron chi connectivity index (χ2n) is 2.46. The van der Waals surface area contributed by atoms with Crippen LogP contribution in [0, 0.1) is 6.92 Å². The van der Waals surface area contributed by atoms with Crippen molar-refractivity contribution in [3.05, 3.63) is 28.2 Å². The van der Waals surface area contributed by atoms with Gasteiger partial charge in [0.25, 0.3) is 0 Å². The number of aromatic nitrogens is 1. The number of aryl methyl sites for hydroxylation is 2. The first-order valence-corrected chi connectivity index (χ1v) is 8.65. The summed E-state index contributed by atoms with van der Waals surface area (Å²) in [5.41, 5.74) is 1.20. The van der Waals surface area contributed by atoms with E-state index >= 15 is 0 Å². The molecule has 0 aromatic carbocycles. The summed E-state index contributed by atoms with van der Waals surface area (Å²) in [6, 6.07) is 0. The summed E-state index contributed by atoms with van der Waals surface area (Å²) in [5, 5.41) is 1.24. The molecule has 1 heterocycles. The van der Waals surface area contributed by atoms with Gasteiger partial charge < -0.3 is 0 Å². The van der Waals surface area contributed by atoms with Crippen LogP contribution < -0.4 is 0 Å². The molecule has 1 aromatic rings. The number of thiazole rings is 1. The Morgan fingerprint density at radius 3 is 1.68 bits per heavy atom. The lowest BCUT2D eigenvalue weighted by Crippen LogP contribution is -1.84. The van der Waals surface area contributed by atoms with E-state index in [0.29, 0.717) is 0 Å². The van der Waals surface area contributed by atoms with E-state index in [9.17, 15) is 0 Å². The van der Waals surface area contributed by atoms with Crippen LogP contribution in [0.15, 0.2) is 12.7 Å². The first-order chi connectivity index (χ1) is 9.27. The molecule has 1 nitrogen and oxygen atoms in total. The smallest absolute Gasteiger partial charge is 0.0928 e. The number of hydrogen-bond acceptors (Lipinski definition) is 2. The molecular formula is C17H37NS. The van der Waals surface area contributed by atoms with Crippen LogP contribution in [0.5, 0.6) is 0 Å². The zero-order valence-corrected chi connectivity index (χ0v) is 15.9. The predicted molar refractivity (Wildman–Crippen MR) is 95.5 cm³/mol. The lowest BCUT2D eigenvalue weighted by molar-refractivity contribution is 1.03. The molecule has 0 spiro atoms. The highest BCUT2D eigenvalue weighted by Crippen LogP contribution is 2.18. The van der Waals surface area contributed by atoms with Gasteiger partial charge in [0, 0.05) is 11.3 Å². The summed E-state index contributed by atoms with van der Waals surface area (Å²) in [6.45, 7) is 24.0. The van der Waals surface area contributed by atoms with Gasteiger partial charge in [-0.05, 0) is 13.3 Å². The number of allylic oxidation sites excluding steroid dienone is 1. The molecule has 0 radical (unpaired) electrons. The third-order valence-electron chi connectivity index (χ3n) is 1.58.